The van der Waals surface area contributed by atoms with Crippen molar-refractivity contribution in [1.29, 1.82) is 0 Å². The summed E-state index contributed by atoms with van der Waals surface area (Å²) >= 11 is 6.08. The fourth-order valence-electron chi connectivity index (χ4n) is 1.81. The minimum absolute atomic E-state index is 0.0349. The average Bonchev–Trinajstić information content (AvgIpc) is 2.70. The van der Waals surface area contributed by atoms with E-state index < -0.39 is 12.1 Å². The molecule has 2 rings (SSSR count). The smallest absolute Gasteiger partial charge is 0.407 e. The summed E-state index contributed by atoms with van der Waals surface area (Å²) in [4.78, 5) is 22.7. The van der Waals surface area contributed by atoms with Gasteiger partial charge in [0, 0.05) is 0 Å². The number of rotatable bonds is 2. The molecule has 1 unspecified atom stereocenters. The first-order chi connectivity index (χ1) is 8.47. The van der Waals surface area contributed by atoms with E-state index in [1.165, 1.54) is 0 Å². The maximum Gasteiger partial charge on any atom is 0.407 e. The zero-order chi connectivity index (χ0) is 13.3. The van der Waals surface area contributed by atoms with Crippen LogP contribution in [0, 0.1) is 13.8 Å². The zero-order valence-electron chi connectivity index (χ0n) is 10.0. The van der Waals surface area contributed by atoms with E-state index >= 15 is 0 Å². The van der Waals surface area contributed by atoms with Gasteiger partial charge in [0.1, 0.15) is 12.6 Å². The second-order valence-electron chi connectivity index (χ2n) is 4.22. The molecule has 2 N–H and O–H groups in total. The largest absolute Gasteiger partial charge is 0.447 e. The van der Waals surface area contributed by atoms with E-state index in [9.17, 15) is 9.59 Å². The van der Waals surface area contributed by atoms with Crippen LogP contribution in [0.15, 0.2) is 12.1 Å². The fraction of sp³-hybridized carbons (Fsp3) is 0.333. The molecule has 1 aromatic carbocycles. The Balaban J connectivity index is 2.14. The van der Waals surface area contributed by atoms with Gasteiger partial charge in [0.25, 0.3) is 5.91 Å². The maximum absolute atomic E-state index is 11.9. The molecular formula is C12H13ClN2O3. The lowest BCUT2D eigenvalue weighted by atomic mass is 10.1. The molecule has 0 saturated carbocycles. The van der Waals surface area contributed by atoms with E-state index in [1.807, 2.05) is 19.9 Å². The molecule has 0 aromatic heterocycles. The molecule has 0 radical (unpaired) electrons. The predicted octanol–water partition coefficient (Wildman–Crippen LogP) is 2.00. The van der Waals surface area contributed by atoms with E-state index in [0.717, 1.165) is 11.1 Å². The minimum Gasteiger partial charge on any atom is -0.447 e. The van der Waals surface area contributed by atoms with Gasteiger partial charge in [-0.3, -0.25) is 4.79 Å². The number of carbonyl (C=O) groups excluding carboxylic acids is 2. The van der Waals surface area contributed by atoms with Crippen LogP contribution in [0.3, 0.4) is 0 Å². The van der Waals surface area contributed by atoms with Crippen molar-refractivity contribution in [2.45, 2.75) is 19.9 Å². The monoisotopic (exact) mass is 268 g/mol. The van der Waals surface area contributed by atoms with Crippen molar-refractivity contribution < 1.29 is 14.3 Å². The first kappa shape index (κ1) is 12.7. The lowest BCUT2D eigenvalue weighted by Crippen LogP contribution is -2.38. The number of hydrogen-bond acceptors (Lipinski definition) is 3. The fourth-order valence-corrected chi connectivity index (χ4v) is 2.18. The SMILES string of the molecule is Cc1cc(C)c(NC(=O)C2COC(=O)N2)c(Cl)c1. The molecule has 1 aliphatic rings. The maximum atomic E-state index is 11.9. The third-order valence-corrected chi connectivity index (χ3v) is 2.97. The second kappa shape index (κ2) is 4.86. The van der Waals surface area contributed by atoms with Crippen molar-refractivity contribution in [2.75, 3.05) is 11.9 Å². The molecule has 0 spiro atoms. The molecule has 1 atom stereocenters. The summed E-state index contributed by atoms with van der Waals surface area (Å²) in [5, 5.41) is 5.59. The summed E-state index contributed by atoms with van der Waals surface area (Å²) in [6, 6.07) is 3.02. The zero-order valence-corrected chi connectivity index (χ0v) is 10.8. The van der Waals surface area contributed by atoms with Gasteiger partial charge in [0.2, 0.25) is 0 Å². The summed E-state index contributed by atoms with van der Waals surface area (Å²) in [5.41, 5.74) is 2.46. The first-order valence-electron chi connectivity index (χ1n) is 5.48. The lowest BCUT2D eigenvalue weighted by Gasteiger charge is -2.13. The van der Waals surface area contributed by atoms with Gasteiger partial charge in [0.15, 0.2) is 0 Å². The van der Waals surface area contributed by atoms with Crippen LogP contribution < -0.4 is 10.6 Å². The number of halogens is 1. The van der Waals surface area contributed by atoms with Crippen LogP contribution in [0.5, 0.6) is 0 Å². The van der Waals surface area contributed by atoms with Gasteiger partial charge in [0.05, 0.1) is 10.7 Å². The molecule has 0 bridgehead atoms. The average molecular weight is 269 g/mol. The molecule has 1 saturated heterocycles. The highest BCUT2D eigenvalue weighted by atomic mass is 35.5. The van der Waals surface area contributed by atoms with Crippen LogP contribution in [0.4, 0.5) is 10.5 Å². The highest BCUT2D eigenvalue weighted by Crippen LogP contribution is 2.27. The molecule has 6 heteroatoms. The van der Waals surface area contributed by atoms with E-state index in [2.05, 4.69) is 15.4 Å². The molecule has 1 aromatic rings. The van der Waals surface area contributed by atoms with E-state index in [1.54, 1.807) is 6.07 Å². The number of carbonyl (C=O) groups is 2. The van der Waals surface area contributed by atoms with Gasteiger partial charge >= 0.3 is 6.09 Å². The number of ether oxygens (including phenoxy) is 1. The van der Waals surface area contributed by atoms with E-state index in [-0.39, 0.29) is 12.5 Å². The number of aryl methyl sites for hydroxylation is 2. The van der Waals surface area contributed by atoms with Gasteiger partial charge in [-0.1, -0.05) is 17.7 Å². The highest BCUT2D eigenvalue weighted by molar-refractivity contribution is 6.34. The van der Waals surface area contributed by atoms with Crippen molar-refractivity contribution in [2.24, 2.45) is 0 Å². The van der Waals surface area contributed by atoms with Gasteiger partial charge < -0.3 is 15.4 Å². The molecule has 96 valence electrons. The number of anilines is 1. The van der Waals surface area contributed by atoms with Crippen LogP contribution in [0.2, 0.25) is 5.02 Å². The molecule has 1 aliphatic heterocycles. The number of amides is 2. The van der Waals surface area contributed by atoms with Crippen LogP contribution in [-0.4, -0.2) is 24.6 Å². The third kappa shape index (κ3) is 2.56. The predicted molar refractivity (Wildman–Crippen MR) is 67.8 cm³/mol. The topological polar surface area (TPSA) is 67.4 Å². The van der Waals surface area contributed by atoms with E-state index in [0.29, 0.717) is 10.7 Å². The number of hydrogen-bond donors (Lipinski definition) is 2. The third-order valence-electron chi connectivity index (χ3n) is 2.67. The van der Waals surface area contributed by atoms with Crippen LogP contribution in [0.25, 0.3) is 0 Å². The summed E-state index contributed by atoms with van der Waals surface area (Å²) in [7, 11) is 0. The molecular weight excluding hydrogens is 256 g/mol. The Labute approximate surface area is 109 Å². The van der Waals surface area contributed by atoms with Crippen molar-refractivity contribution in [1.82, 2.24) is 5.32 Å². The molecule has 2 amide bonds. The van der Waals surface area contributed by atoms with Crippen molar-refractivity contribution in [3.63, 3.8) is 0 Å². The van der Waals surface area contributed by atoms with Crippen LogP contribution in [0.1, 0.15) is 11.1 Å². The Morgan fingerprint density at radius 2 is 2.22 bits per heavy atom. The van der Waals surface area contributed by atoms with Gasteiger partial charge in [-0.05, 0) is 31.0 Å². The molecule has 0 aliphatic carbocycles. The Kier molecular flexibility index (Phi) is 3.43. The number of benzene rings is 1. The molecule has 5 nitrogen and oxygen atoms in total. The van der Waals surface area contributed by atoms with E-state index in [4.69, 9.17) is 11.6 Å². The Hall–Kier alpha value is -1.75. The van der Waals surface area contributed by atoms with Crippen LogP contribution in [-0.2, 0) is 9.53 Å². The number of cyclic esters (lactones) is 1. The van der Waals surface area contributed by atoms with Crippen molar-refractivity contribution in [3.8, 4) is 0 Å². The standard InChI is InChI=1S/C12H13ClN2O3/c1-6-3-7(2)10(8(13)4-6)15-11(16)9-5-18-12(17)14-9/h3-4,9H,5H2,1-2H3,(H,14,17)(H,15,16). The van der Waals surface area contributed by atoms with Gasteiger partial charge in [-0.25, -0.2) is 4.79 Å². The molecule has 1 fully saturated rings. The van der Waals surface area contributed by atoms with Crippen molar-refractivity contribution >= 4 is 29.3 Å². The van der Waals surface area contributed by atoms with Crippen LogP contribution >= 0.6 is 11.6 Å². The number of alkyl carbamates (subject to hydrolysis) is 1. The Morgan fingerprint density at radius 3 is 2.78 bits per heavy atom. The summed E-state index contributed by atoms with van der Waals surface area (Å²) in [6.07, 6.45) is -0.582. The minimum atomic E-state index is -0.672. The summed E-state index contributed by atoms with van der Waals surface area (Å²) < 4.78 is 4.66. The van der Waals surface area contributed by atoms with Crippen molar-refractivity contribution in [3.05, 3.63) is 28.3 Å². The highest BCUT2D eigenvalue weighted by Gasteiger charge is 2.29. The number of nitrogens with one attached hydrogen (secondary N) is 2. The van der Waals surface area contributed by atoms with Gasteiger partial charge in [-0.15, -0.1) is 0 Å². The first-order valence-corrected chi connectivity index (χ1v) is 5.86. The lowest BCUT2D eigenvalue weighted by molar-refractivity contribution is -0.117. The second-order valence-corrected chi connectivity index (χ2v) is 4.63. The summed E-state index contributed by atoms with van der Waals surface area (Å²) in [5.74, 6) is -0.338. The normalized spacial score (nSPS) is 18.2. The summed E-state index contributed by atoms with van der Waals surface area (Å²) in [6.45, 7) is 3.82. The molecule has 18 heavy (non-hydrogen) atoms. The Morgan fingerprint density at radius 1 is 1.50 bits per heavy atom. The Bertz CT molecular complexity index is 493. The van der Waals surface area contributed by atoms with Gasteiger partial charge in [-0.2, -0.15) is 0 Å². The molecule has 1 heterocycles. The quantitative estimate of drug-likeness (QED) is 0.862.